The summed E-state index contributed by atoms with van der Waals surface area (Å²) in [5.74, 6) is 3.80. The van der Waals surface area contributed by atoms with Crippen molar-refractivity contribution in [3.8, 4) is 34.1 Å². The Morgan fingerprint density at radius 2 is 1.45 bits per heavy atom. The topological polar surface area (TPSA) is 44.9 Å². The minimum absolute atomic E-state index is 0. The van der Waals surface area contributed by atoms with Gasteiger partial charge in [0.25, 0.3) is 0 Å². The molecule has 3 aromatic heterocycles. The molecule has 0 aliphatic rings. The van der Waals surface area contributed by atoms with Gasteiger partial charge >= 0.3 is 21.1 Å². The Bertz CT molecular complexity index is 2270. The predicted octanol–water partition coefficient (Wildman–Crippen LogP) is 11.3. The third kappa shape index (κ3) is 7.90. The van der Waals surface area contributed by atoms with Crippen LogP contribution in [0.3, 0.4) is 0 Å². The zero-order valence-electron chi connectivity index (χ0n) is 30.6. The van der Waals surface area contributed by atoms with Crippen LogP contribution < -0.4 is 4.74 Å². The summed E-state index contributed by atoms with van der Waals surface area (Å²) in [5.41, 5.74) is 10.4. The zero-order chi connectivity index (χ0) is 34.9. The average molecular weight is 854 g/mol. The first-order chi connectivity index (χ1) is 24.1. The molecule has 0 amide bonds. The van der Waals surface area contributed by atoms with Gasteiger partial charge in [0.15, 0.2) is 0 Å². The Hall–Kier alpha value is -4.47. The molecular weight excluding hydrogens is 808 g/mol. The smallest absolute Gasteiger partial charge is 0.509 e. The van der Waals surface area contributed by atoms with Crippen LogP contribution in [0.5, 0.6) is 11.5 Å². The number of aryl methyl sites for hydroxylation is 1. The minimum Gasteiger partial charge on any atom is -0.509 e. The Balaban J connectivity index is 0.00000448. The van der Waals surface area contributed by atoms with Crippen LogP contribution in [0.15, 0.2) is 97.5 Å². The number of rotatable bonds is 11. The number of para-hydroxylation sites is 1. The number of hydrogen-bond acceptors (Lipinski definition) is 3. The molecule has 262 valence electrons. The molecule has 6 heteroatoms. The van der Waals surface area contributed by atoms with Gasteiger partial charge in [-0.2, -0.15) is 16.7 Å². The van der Waals surface area contributed by atoms with Crippen LogP contribution in [0, 0.1) is 36.8 Å². The molecule has 0 unspecified atom stereocenters. The van der Waals surface area contributed by atoms with E-state index in [1.807, 2.05) is 29.2 Å². The van der Waals surface area contributed by atoms with E-state index in [1.165, 1.54) is 22.3 Å². The Labute approximate surface area is 317 Å². The molecule has 0 radical (unpaired) electrons. The molecule has 0 N–H and O–H groups in total. The Morgan fingerprint density at radius 3 is 2.18 bits per heavy atom. The van der Waals surface area contributed by atoms with Gasteiger partial charge in [-0.25, -0.2) is 4.98 Å². The van der Waals surface area contributed by atoms with Gasteiger partial charge in [-0.3, -0.25) is 4.68 Å². The summed E-state index contributed by atoms with van der Waals surface area (Å²) in [6, 6.07) is 34.8. The molecule has 3 heterocycles. The summed E-state index contributed by atoms with van der Waals surface area (Å²) in [4.78, 5) is 4.81. The molecule has 0 saturated heterocycles. The second-order valence-corrected chi connectivity index (χ2v) is 14.9. The number of fused-ring (bicyclic) bond motifs is 3. The summed E-state index contributed by atoms with van der Waals surface area (Å²) < 4.78 is 10.6. The first kappa shape index (κ1) is 36.3. The molecule has 7 rings (SSSR count). The summed E-state index contributed by atoms with van der Waals surface area (Å²) in [6.45, 7) is 15.7. The second-order valence-electron chi connectivity index (χ2n) is 14.9. The number of pyridine rings is 1. The maximum absolute atomic E-state index is 6.52. The van der Waals surface area contributed by atoms with Crippen molar-refractivity contribution in [2.75, 3.05) is 0 Å². The van der Waals surface area contributed by atoms with E-state index in [9.17, 15) is 0 Å². The Kier molecular flexibility index (Phi) is 11.0. The average Bonchev–Trinajstić information content (AvgIpc) is 3.67. The molecular formula is C45H46N4OPt. The van der Waals surface area contributed by atoms with Crippen molar-refractivity contribution in [2.24, 2.45) is 17.8 Å². The fourth-order valence-electron chi connectivity index (χ4n) is 7.14. The van der Waals surface area contributed by atoms with E-state index in [1.54, 1.807) is 0 Å². The number of nitrogens with zero attached hydrogens (tertiary/aromatic N) is 4. The maximum Gasteiger partial charge on any atom is 2.00 e. The van der Waals surface area contributed by atoms with E-state index in [0.717, 1.165) is 63.7 Å². The quantitative estimate of drug-likeness (QED) is 0.122. The van der Waals surface area contributed by atoms with Gasteiger partial charge in [-0.05, 0) is 88.5 Å². The third-order valence-electron chi connectivity index (χ3n) is 9.05. The predicted molar refractivity (Wildman–Crippen MR) is 206 cm³/mol. The molecule has 0 bridgehead atoms. The summed E-state index contributed by atoms with van der Waals surface area (Å²) in [6.07, 6.45) is 9.09. The van der Waals surface area contributed by atoms with Crippen molar-refractivity contribution < 1.29 is 25.8 Å². The zero-order valence-corrected chi connectivity index (χ0v) is 32.9. The van der Waals surface area contributed by atoms with Crippen molar-refractivity contribution in [3.05, 3.63) is 132 Å². The number of hydrogen-bond donors (Lipinski definition) is 0. The van der Waals surface area contributed by atoms with E-state index in [4.69, 9.17) is 14.8 Å². The van der Waals surface area contributed by atoms with E-state index in [-0.39, 0.29) is 21.1 Å². The number of benzene rings is 4. The van der Waals surface area contributed by atoms with Gasteiger partial charge in [0, 0.05) is 35.0 Å². The summed E-state index contributed by atoms with van der Waals surface area (Å²) in [7, 11) is 0. The number of ether oxygens (including phenoxy) is 1. The van der Waals surface area contributed by atoms with Crippen LogP contribution >= 0.6 is 0 Å². The van der Waals surface area contributed by atoms with E-state index in [0.29, 0.717) is 29.3 Å². The number of aromatic nitrogens is 4. The van der Waals surface area contributed by atoms with Crippen LogP contribution in [0.25, 0.3) is 44.4 Å². The van der Waals surface area contributed by atoms with Crippen molar-refractivity contribution in [2.45, 2.75) is 67.7 Å². The normalized spacial score (nSPS) is 11.6. The molecule has 4 aromatic carbocycles. The van der Waals surface area contributed by atoms with E-state index < -0.39 is 0 Å². The van der Waals surface area contributed by atoms with Crippen LogP contribution in [0.4, 0.5) is 0 Å². The van der Waals surface area contributed by atoms with E-state index >= 15 is 0 Å². The van der Waals surface area contributed by atoms with Crippen LogP contribution in [0.2, 0.25) is 0 Å². The SMILES string of the molecule is Cc1cc(Oc2[c-]c3c(cc2)c2ccccc2n3-c2cc(CC(C)C)ccn2)[c-]c(-n2cc(-c3c(CC(C)C)cccc3CC(C)C)cn2)c1.[Pt+2]. The summed E-state index contributed by atoms with van der Waals surface area (Å²) >= 11 is 0. The summed E-state index contributed by atoms with van der Waals surface area (Å²) in [5, 5.41) is 7.11. The molecule has 7 aromatic rings. The largest absolute Gasteiger partial charge is 2.00 e. The van der Waals surface area contributed by atoms with Gasteiger partial charge in [0.2, 0.25) is 0 Å². The first-order valence-electron chi connectivity index (χ1n) is 17.9. The molecule has 5 nitrogen and oxygen atoms in total. The van der Waals surface area contributed by atoms with Crippen LogP contribution in [-0.2, 0) is 40.3 Å². The standard InChI is InChI=1S/C45H46N4O.Pt/c1-29(2)19-33-17-18-46-44(24-33)49-42-14-9-8-13-40(42)41-16-15-38(26-43(41)49)50-39-23-32(7)22-37(25-39)48-28-36(27-47-48)45-34(20-30(3)4)11-10-12-35(45)21-31(5)6;/h8-18,22-24,27-31H,19-21H2,1-7H3;/q-2;+2. The molecule has 0 aliphatic heterocycles. The first-order valence-corrected chi connectivity index (χ1v) is 17.9. The van der Waals surface area contributed by atoms with Gasteiger partial charge in [-0.1, -0.05) is 90.4 Å². The second kappa shape index (κ2) is 15.4. The molecule has 0 aliphatic carbocycles. The van der Waals surface area contributed by atoms with E-state index in [2.05, 4.69) is 138 Å². The fraction of sp³-hybridized carbons (Fsp3) is 0.289. The van der Waals surface area contributed by atoms with Crippen LogP contribution in [0.1, 0.15) is 63.8 Å². The van der Waals surface area contributed by atoms with Crippen molar-refractivity contribution in [1.29, 1.82) is 0 Å². The third-order valence-corrected chi connectivity index (χ3v) is 9.05. The molecule has 0 atom stereocenters. The van der Waals surface area contributed by atoms with Gasteiger partial charge < -0.3 is 9.30 Å². The van der Waals surface area contributed by atoms with Gasteiger partial charge in [0.05, 0.1) is 6.20 Å². The minimum atomic E-state index is 0. The molecule has 0 fully saturated rings. The van der Waals surface area contributed by atoms with Gasteiger partial charge in [-0.15, -0.1) is 35.7 Å². The maximum atomic E-state index is 6.52. The molecule has 51 heavy (non-hydrogen) atoms. The van der Waals surface area contributed by atoms with Crippen LogP contribution in [-0.4, -0.2) is 19.3 Å². The molecule has 0 saturated carbocycles. The van der Waals surface area contributed by atoms with Gasteiger partial charge in [0.1, 0.15) is 5.82 Å². The van der Waals surface area contributed by atoms with Crippen molar-refractivity contribution in [1.82, 2.24) is 19.3 Å². The fourth-order valence-corrected chi connectivity index (χ4v) is 7.14. The molecule has 0 spiro atoms. The Morgan fingerprint density at radius 1 is 0.725 bits per heavy atom. The van der Waals surface area contributed by atoms with Crippen molar-refractivity contribution >= 4 is 21.8 Å². The monoisotopic (exact) mass is 853 g/mol. The van der Waals surface area contributed by atoms with Crippen molar-refractivity contribution in [3.63, 3.8) is 0 Å².